The zero-order valence-corrected chi connectivity index (χ0v) is 15.2. The van der Waals surface area contributed by atoms with E-state index in [0.717, 1.165) is 36.9 Å². The zero-order chi connectivity index (χ0) is 19.6. The maximum absolute atomic E-state index is 13.0. The number of piperidine rings is 1. The SMILES string of the molecule is FC(F)(F)c1nnc2ccc(NCC3CCCCN3Cc3ccccc3)nn12. The lowest BCUT2D eigenvalue weighted by atomic mass is 10.0. The Hall–Kier alpha value is -2.68. The molecule has 1 fully saturated rings. The van der Waals surface area contributed by atoms with Crippen molar-refractivity contribution in [2.75, 3.05) is 18.4 Å². The van der Waals surface area contributed by atoms with Crippen LogP contribution in [0, 0.1) is 0 Å². The van der Waals surface area contributed by atoms with Crippen molar-refractivity contribution in [3.8, 4) is 0 Å². The number of halogens is 3. The molecule has 0 spiro atoms. The van der Waals surface area contributed by atoms with Gasteiger partial charge in [0.15, 0.2) is 5.65 Å². The number of hydrogen-bond acceptors (Lipinski definition) is 5. The third kappa shape index (κ3) is 4.09. The van der Waals surface area contributed by atoms with Crippen molar-refractivity contribution in [3.05, 3.63) is 53.9 Å². The molecule has 0 amide bonds. The first-order valence-electron chi connectivity index (χ1n) is 9.32. The van der Waals surface area contributed by atoms with E-state index in [1.54, 1.807) is 6.07 Å². The fraction of sp³-hybridized carbons (Fsp3) is 0.421. The molecule has 1 unspecified atom stereocenters. The minimum absolute atomic E-state index is 0.0706. The molecule has 0 saturated carbocycles. The molecule has 3 heterocycles. The van der Waals surface area contributed by atoms with Crippen molar-refractivity contribution in [2.24, 2.45) is 0 Å². The fourth-order valence-electron chi connectivity index (χ4n) is 3.60. The van der Waals surface area contributed by atoms with Crippen LogP contribution in [0.2, 0.25) is 0 Å². The van der Waals surface area contributed by atoms with Crippen molar-refractivity contribution in [1.29, 1.82) is 0 Å². The van der Waals surface area contributed by atoms with Gasteiger partial charge in [0, 0.05) is 19.1 Å². The van der Waals surface area contributed by atoms with Crippen LogP contribution in [0.25, 0.3) is 5.65 Å². The highest BCUT2D eigenvalue weighted by molar-refractivity contribution is 5.44. The van der Waals surface area contributed by atoms with E-state index in [4.69, 9.17) is 0 Å². The van der Waals surface area contributed by atoms with Crippen LogP contribution >= 0.6 is 0 Å². The number of hydrogen-bond donors (Lipinski definition) is 1. The summed E-state index contributed by atoms with van der Waals surface area (Å²) in [6, 6.07) is 13.7. The van der Waals surface area contributed by atoms with Crippen molar-refractivity contribution < 1.29 is 13.2 Å². The predicted octanol–water partition coefficient (Wildman–Crippen LogP) is 3.61. The summed E-state index contributed by atoms with van der Waals surface area (Å²) in [7, 11) is 0. The van der Waals surface area contributed by atoms with E-state index in [1.165, 1.54) is 11.6 Å². The molecule has 4 rings (SSSR count). The smallest absolute Gasteiger partial charge is 0.367 e. The van der Waals surface area contributed by atoms with Gasteiger partial charge in [-0.05, 0) is 37.1 Å². The van der Waals surface area contributed by atoms with Gasteiger partial charge >= 0.3 is 6.18 Å². The van der Waals surface area contributed by atoms with Crippen LogP contribution in [0.5, 0.6) is 0 Å². The van der Waals surface area contributed by atoms with Crippen molar-refractivity contribution in [2.45, 2.75) is 38.0 Å². The van der Waals surface area contributed by atoms with Gasteiger partial charge in [0.05, 0.1) is 0 Å². The second kappa shape index (κ2) is 7.75. The quantitative estimate of drug-likeness (QED) is 0.721. The molecule has 0 bridgehead atoms. The lowest BCUT2D eigenvalue weighted by Gasteiger charge is -2.36. The minimum atomic E-state index is -4.60. The first-order valence-corrected chi connectivity index (χ1v) is 9.32. The van der Waals surface area contributed by atoms with Gasteiger partial charge in [-0.2, -0.15) is 17.7 Å². The van der Waals surface area contributed by atoms with Crippen molar-refractivity contribution >= 4 is 11.5 Å². The van der Waals surface area contributed by atoms with Gasteiger partial charge in [-0.15, -0.1) is 15.3 Å². The van der Waals surface area contributed by atoms with Crippen molar-refractivity contribution in [1.82, 2.24) is 24.7 Å². The summed E-state index contributed by atoms with van der Waals surface area (Å²) in [6.45, 7) is 2.50. The van der Waals surface area contributed by atoms with Crippen LogP contribution in [0.4, 0.5) is 19.0 Å². The second-order valence-corrected chi connectivity index (χ2v) is 7.00. The number of fused-ring (bicyclic) bond motifs is 1. The van der Waals surface area contributed by atoms with Gasteiger partial charge < -0.3 is 5.32 Å². The molecule has 9 heteroatoms. The number of benzene rings is 1. The molecule has 0 radical (unpaired) electrons. The molecule has 3 aromatic rings. The monoisotopic (exact) mass is 390 g/mol. The maximum Gasteiger partial charge on any atom is 0.453 e. The lowest BCUT2D eigenvalue weighted by molar-refractivity contribution is -0.146. The Morgan fingerprint density at radius 2 is 1.86 bits per heavy atom. The summed E-state index contributed by atoms with van der Waals surface area (Å²) in [4.78, 5) is 2.42. The molecule has 1 saturated heterocycles. The number of aromatic nitrogens is 4. The summed E-state index contributed by atoms with van der Waals surface area (Å²) in [5.74, 6) is -0.738. The Morgan fingerprint density at radius 1 is 1.04 bits per heavy atom. The van der Waals surface area contributed by atoms with Crippen LogP contribution in [0.15, 0.2) is 42.5 Å². The topological polar surface area (TPSA) is 58.4 Å². The molecule has 0 aliphatic carbocycles. The summed E-state index contributed by atoms with van der Waals surface area (Å²) in [5, 5.41) is 14.0. The Morgan fingerprint density at radius 3 is 2.64 bits per heavy atom. The molecule has 1 aliphatic rings. The average Bonchev–Trinajstić information content (AvgIpc) is 3.12. The molecular formula is C19H21F3N6. The first kappa shape index (κ1) is 18.7. The molecule has 28 heavy (non-hydrogen) atoms. The molecule has 1 N–H and O–H groups in total. The van der Waals surface area contributed by atoms with Gasteiger partial charge in [-0.1, -0.05) is 36.8 Å². The van der Waals surface area contributed by atoms with Crippen LogP contribution < -0.4 is 5.32 Å². The van der Waals surface area contributed by atoms with Gasteiger partial charge in [0.2, 0.25) is 0 Å². The molecular weight excluding hydrogens is 369 g/mol. The Bertz CT molecular complexity index is 924. The molecule has 1 atom stereocenters. The molecule has 6 nitrogen and oxygen atoms in total. The van der Waals surface area contributed by atoms with Gasteiger partial charge in [-0.3, -0.25) is 4.90 Å². The predicted molar refractivity (Wildman–Crippen MR) is 98.8 cm³/mol. The Labute approximate surface area is 160 Å². The Kier molecular flexibility index (Phi) is 5.17. The third-order valence-electron chi connectivity index (χ3n) is 5.01. The summed E-state index contributed by atoms with van der Waals surface area (Å²) < 4.78 is 39.8. The maximum atomic E-state index is 13.0. The van der Waals surface area contributed by atoms with Crippen LogP contribution in [0.3, 0.4) is 0 Å². The lowest BCUT2D eigenvalue weighted by Crippen LogP contribution is -2.43. The van der Waals surface area contributed by atoms with E-state index in [1.807, 2.05) is 18.2 Å². The molecule has 148 valence electrons. The number of nitrogens with zero attached hydrogens (tertiary/aromatic N) is 5. The highest BCUT2D eigenvalue weighted by atomic mass is 19.4. The zero-order valence-electron chi connectivity index (χ0n) is 15.2. The molecule has 2 aromatic heterocycles. The number of rotatable bonds is 5. The number of likely N-dealkylation sites (tertiary alicyclic amines) is 1. The number of alkyl halides is 3. The average molecular weight is 390 g/mol. The summed E-state index contributed by atoms with van der Waals surface area (Å²) in [6.07, 6.45) is -1.25. The van der Waals surface area contributed by atoms with E-state index in [0.29, 0.717) is 18.4 Å². The van der Waals surface area contributed by atoms with Gasteiger partial charge in [-0.25, -0.2) is 0 Å². The second-order valence-electron chi connectivity index (χ2n) is 7.00. The third-order valence-corrected chi connectivity index (χ3v) is 5.01. The fourth-order valence-corrected chi connectivity index (χ4v) is 3.60. The normalized spacial score (nSPS) is 18.5. The number of anilines is 1. The van der Waals surface area contributed by atoms with Gasteiger partial charge in [0.1, 0.15) is 5.82 Å². The van der Waals surface area contributed by atoms with E-state index < -0.39 is 12.0 Å². The Balaban J connectivity index is 1.46. The van der Waals surface area contributed by atoms with E-state index in [9.17, 15) is 13.2 Å². The van der Waals surface area contributed by atoms with E-state index in [2.05, 4.69) is 37.6 Å². The molecule has 1 aromatic carbocycles. The largest absolute Gasteiger partial charge is 0.453 e. The standard InChI is InChI=1S/C19H21F3N6/c20-19(21,22)18-25-24-17-10-9-16(26-28(17)18)23-12-15-8-4-5-11-27(15)13-14-6-2-1-3-7-14/h1-3,6-7,9-10,15H,4-5,8,11-13H2,(H,23,26). The van der Waals surface area contributed by atoms with Crippen LogP contribution in [0.1, 0.15) is 30.7 Å². The van der Waals surface area contributed by atoms with E-state index in [-0.39, 0.29) is 5.65 Å². The van der Waals surface area contributed by atoms with Crippen LogP contribution in [-0.4, -0.2) is 43.8 Å². The first-order chi connectivity index (χ1) is 13.5. The highest BCUT2D eigenvalue weighted by Crippen LogP contribution is 2.27. The van der Waals surface area contributed by atoms with Crippen LogP contribution in [-0.2, 0) is 12.7 Å². The minimum Gasteiger partial charge on any atom is -0.367 e. The summed E-state index contributed by atoms with van der Waals surface area (Å²) in [5.41, 5.74) is 1.33. The van der Waals surface area contributed by atoms with Crippen molar-refractivity contribution in [3.63, 3.8) is 0 Å². The molecule has 1 aliphatic heterocycles. The summed E-state index contributed by atoms with van der Waals surface area (Å²) >= 11 is 0. The van der Waals surface area contributed by atoms with Gasteiger partial charge in [0.25, 0.3) is 5.82 Å². The number of nitrogens with one attached hydrogen (secondary N) is 1. The highest BCUT2D eigenvalue weighted by Gasteiger charge is 2.37. The van der Waals surface area contributed by atoms with E-state index >= 15 is 0 Å².